The van der Waals surface area contributed by atoms with Crippen molar-refractivity contribution < 1.29 is 0 Å². The Morgan fingerprint density at radius 3 is 2.53 bits per heavy atom. The molecule has 4 heteroatoms. The quantitative estimate of drug-likeness (QED) is 0.808. The zero-order valence-electron chi connectivity index (χ0n) is 10.1. The van der Waals surface area contributed by atoms with Crippen LogP contribution in [0.3, 0.4) is 0 Å². The van der Waals surface area contributed by atoms with E-state index < -0.39 is 0 Å². The Bertz CT molecular complexity index is 476. The van der Waals surface area contributed by atoms with Gasteiger partial charge < -0.3 is 9.47 Å². The Balaban J connectivity index is 2.09. The number of aromatic nitrogens is 2. The van der Waals surface area contributed by atoms with Crippen molar-refractivity contribution in [1.29, 1.82) is 0 Å². The van der Waals surface area contributed by atoms with E-state index in [1.165, 1.54) is 11.3 Å². The molecule has 0 bridgehead atoms. The molecule has 0 amide bonds. The first-order chi connectivity index (χ1) is 8.20. The van der Waals surface area contributed by atoms with Crippen molar-refractivity contribution in [3.05, 3.63) is 48.0 Å². The lowest BCUT2D eigenvalue weighted by Gasteiger charge is -2.19. The fourth-order valence-electron chi connectivity index (χ4n) is 1.69. The van der Waals surface area contributed by atoms with Crippen molar-refractivity contribution in [2.24, 2.45) is 7.05 Å². The number of benzene rings is 1. The first kappa shape index (κ1) is 12.2. The summed E-state index contributed by atoms with van der Waals surface area (Å²) in [4.78, 5) is 6.52. The van der Waals surface area contributed by atoms with Crippen LogP contribution in [0, 0.1) is 0 Å². The maximum atomic E-state index is 4.33. The third-order valence-corrected chi connectivity index (χ3v) is 3.48. The lowest BCUT2D eigenvalue weighted by Crippen LogP contribution is -2.18. The topological polar surface area (TPSA) is 21.1 Å². The Kier molecular flexibility index (Phi) is 3.84. The van der Waals surface area contributed by atoms with E-state index in [9.17, 15) is 0 Å². The van der Waals surface area contributed by atoms with E-state index >= 15 is 0 Å². The third-order valence-electron chi connectivity index (χ3n) is 2.83. The third kappa shape index (κ3) is 2.88. The van der Waals surface area contributed by atoms with Gasteiger partial charge in [0.05, 0.1) is 6.54 Å². The van der Waals surface area contributed by atoms with Gasteiger partial charge in [-0.15, -0.1) is 0 Å². The SMILES string of the molecule is CN(Cc1nccn1C)c1ccc(CBr)cc1. The van der Waals surface area contributed by atoms with Crippen molar-refractivity contribution in [2.45, 2.75) is 11.9 Å². The van der Waals surface area contributed by atoms with Crippen LogP contribution in [0.15, 0.2) is 36.7 Å². The van der Waals surface area contributed by atoms with Gasteiger partial charge in [0, 0.05) is 37.5 Å². The molecule has 0 saturated heterocycles. The van der Waals surface area contributed by atoms with E-state index in [2.05, 4.69) is 57.1 Å². The molecule has 1 heterocycles. The van der Waals surface area contributed by atoms with Crippen LogP contribution >= 0.6 is 15.9 Å². The number of hydrogen-bond donors (Lipinski definition) is 0. The normalized spacial score (nSPS) is 10.5. The van der Waals surface area contributed by atoms with Gasteiger partial charge in [-0.1, -0.05) is 28.1 Å². The fraction of sp³-hybridized carbons (Fsp3) is 0.308. The molecule has 17 heavy (non-hydrogen) atoms. The van der Waals surface area contributed by atoms with E-state index in [1.54, 1.807) is 0 Å². The molecular weight excluding hydrogens is 278 g/mol. The molecular formula is C13H16BrN3. The van der Waals surface area contributed by atoms with E-state index in [0.717, 1.165) is 17.7 Å². The summed E-state index contributed by atoms with van der Waals surface area (Å²) >= 11 is 3.45. The number of halogens is 1. The lowest BCUT2D eigenvalue weighted by atomic mass is 10.2. The molecule has 1 aromatic heterocycles. The molecule has 3 nitrogen and oxygen atoms in total. The second kappa shape index (κ2) is 5.36. The van der Waals surface area contributed by atoms with Crippen molar-refractivity contribution >= 4 is 21.6 Å². The van der Waals surface area contributed by atoms with Gasteiger partial charge >= 0.3 is 0 Å². The van der Waals surface area contributed by atoms with Gasteiger partial charge in [0.2, 0.25) is 0 Å². The van der Waals surface area contributed by atoms with Crippen LogP contribution in [0.1, 0.15) is 11.4 Å². The van der Waals surface area contributed by atoms with Crippen LogP contribution in [0.5, 0.6) is 0 Å². The summed E-state index contributed by atoms with van der Waals surface area (Å²) in [5.41, 5.74) is 2.50. The van der Waals surface area contributed by atoms with Crippen LogP contribution in [0.4, 0.5) is 5.69 Å². The lowest BCUT2D eigenvalue weighted by molar-refractivity contribution is 0.761. The van der Waals surface area contributed by atoms with E-state index in [1.807, 2.05) is 24.0 Å². The average Bonchev–Trinajstić information content (AvgIpc) is 2.75. The number of hydrogen-bond acceptors (Lipinski definition) is 2. The highest BCUT2D eigenvalue weighted by atomic mass is 79.9. The number of nitrogens with zero attached hydrogens (tertiary/aromatic N) is 3. The van der Waals surface area contributed by atoms with Gasteiger partial charge in [-0.2, -0.15) is 0 Å². The van der Waals surface area contributed by atoms with E-state index in [0.29, 0.717) is 0 Å². The number of imidazole rings is 1. The number of aryl methyl sites for hydroxylation is 1. The highest BCUT2D eigenvalue weighted by Gasteiger charge is 2.05. The van der Waals surface area contributed by atoms with Gasteiger partial charge in [-0.05, 0) is 17.7 Å². The molecule has 0 aliphatic carbocycles. The molecule has 0 spiro atoms. The Labute approximate surface area is 110 Å². The molecule has 90 valence electrons. The van der Waals surface area contributed by atoms with Crippen LogP contribution < -0.4 is 4.90 Å². The smallest absolute Gasteiger partial charge is 0.127 e. The van der Waals surface area contributed by atoms with E-state index in [-0.39, 0.29) is 0 Å². The summed E-state index contributed by atoms with van der Waals surface area (Å²) in [5, 5.41) is 0.899. The van der Waals surface area contributed by atoms with Gasteiger partial charge in [-0.3, -0.25) is 0 Å². The maximum Gasteiger partial charge on any atom is 0.127 e. The summed E-state index contributed by atoms with van der Waals surface area (Å²) in [6, 6.07) is 8.55. The fourth-order valence-corrected chi connectivity index (χ4v) is 2.07. The van der Waals surface area contributed by atoms with Crippen molar-refractivity contribution in [1.82, 2.24) is 9.55 Å². The zero-order chi connectivity index (χ0) is 12.3. The highest BCUT2D eigenvalue weighted by molar-refractivity contribution is 9.08. The largest absolute Gasteiger partial charge is 0.367 e. The number of anilines is 1. The zero-order valence-corrected chi connectivity index (χ0v) is 11.7. The molecule has 0 atom stereocenters. The standard InChI is InChI=1S/C13H16BrN3/c1-16-8-7-15-13(16)10-17(2)12-5-3-11(9-14)4-6-12/h3-8H,9-10H2,1-2H3. The van der Waals surface area contributed by atoms with Crippen LogP contribution in [0.25, 0.3) is 0 Å². The second-order valence-corrected chi connectivity index (χ2v) is 4.67. The van der Waals surface area contributed by atoms with Crippen LogP contribution in [-0.2, 0) is 18.9 Å². The summed E-state index contributed by atoms with van der Waals surface area (Å²) in [6.07, 6.45) is 3.80. The summed E-state index contributed by atoms with van der Waals surface area (Å²) in [5.74, 6) is 1.07. The summed E-state index contributed by atoms with van der Waals surface area (Å²) in [7, 11) is 4.10. The van der Waals surface area contributed by atoms with Gasteiger partial charge in [0.25, 0.3) is 0 Å². The minimum absolute atomic E-state index is 0.817. The Hall–Kier alpha value is -1.29. The van der Waals surface area contributed by atoms with Crippen molar-refractivity contribution in [2.75, 3.05) is 11.9 Å². The van der Waals surface area contributed by atoms with Crippen molar-refractivity contribution in [3.8, 4) is 0 Å². The van der Waals surface area contributed by atoms with Gasteiger partial charge in [-0.25, -0.2) is 4.98 Å². The predicted molar refractivity (Wildman–Crippen MR) is 74.4 cm³/mol. The van der Waals surface area contributed by atoms with Gasteiger partial charge in [0.15, 0.2) is 0 Å². The predicted octanol–water partition coefficient (Wildman–Crippen LogP) is 2.95. The summed E-state index contributed by atoms with van der Waals surface area (Å²) in [6.45, 7) is 0.817. The second-order valence-electron chi connectivity index (χ2n) is 4.11. The summed E-state index contributed by atoms with van der Waals surface area (Å²) < 4.78 is 2.04. The molecule has 2 aromatic rings. The molecule has 1 aromatic carbocycles. The molecule has 0 aliphatic rings. The minimum atomic E-state index is 0.817. The molecule has 0 fully saturated rings. The monoisotopic (exact) mass is 293 g/mol. The molecule has 0 N–H and O–H groups in total. The van der Waals surface area contributed by atoms with Crippen LogP contribution in [-0.4, -0.2) is 16.6 Å². The van der Waals surface area contributed by atoms with E-state index in [4.69, 9.17) is 0 Å². The van der Waals surface area contributed by atoms with Crippen LogP contribution in [0.2, 0.25) is 0 Å². The molecule has 0 unspecified atom stereocenters. The molecule has 0 aliphatic heterocycles. The Morgan fingerprint density at radius 2 is 2.00 bits per heavy atom. The first-order valence-corrected chi connectivity index (χ1v) is 6.65. The van der Waals surface area contributed by atoms with Gasteiger partial charge in [0.1, 0.15) is 5.82 Å². The Morgan fingerprint density at radius 1 is 1.29 bits per heavy atom. The highest BCUT2D eigenvalue weighted by Crippen LogP contribution is 2.16. The minimum Gasteiger partial charge on any atom is -0.367 e. The number of alkyl halides is 1. The molecule has 0 radical (unpaired) electrons. The first-order valence-electron chi connectivity index (χ1n) is 5.53. The maximum absolute atomic E-state index is 4.33. The molecule has 2 rings (SSSR count). The number of rotatable bonds is 4. The molecule has 0 saturated carbocycles. The average molecular weight is 294 g/mol. The van der Waals surface area contributed by atoms with Crippen molar-refractivity contribution in [3.63, 3.8) is 0 Å².